The Morgan fingerprint density at radius 1 is 0.972 bits per heavy atom. The van der Waals surface area contributed by atoms with Gasteiger partial charge in [-0.25, -0.2) is 4.79 Å². The van der Waals surface area contributed by atoms with Crippen LogP contribution < -0.4 is 14.2 Å². The molecule has 0 bridgehead atoms. The molecule has 1 heterocycles. The molecular formula is C26H19Cl2NO6S. The Hall–Kier alpha value is -3.46. The van der Waals surface area contributed by atoms with Crippen molar-refractivity contribution >= 4 is 58.2 Å². The summed E-state index contributed by atoms with van der Waals surface area (Å²) in [4.78, 5) is 38.9. The van der Waals surface area contributed by atoms with Crippen LogP contribution in [0.4, 0.5) is 4.79 Å². The van der Waals surface area contributed by atoms with E-state index in [0.29, 0.717) is 27.6 Å². The Morgan fingerprint density at radius 2 is 1.72 bits per heavy atom. The number of ether oxygens (including phenoxy) is 3. The minimum absolute atomic E-state index is 0.0776. The van der Waals surface area contributed by atoms with Crippen molar-refractivity contribution in [1.82, 2.24) is 4.90 Å². The molecular weight excluding hydrogens is 525 g/mol. The van der Waals surface area contributed by atoms with Gasteiger partial charge in [-0.15, -0.1) is 0 Å². The van der Waals surface area contributed by atoms with E-state index in [1.165, 1.54) is 13.2 Å². The third kappa shape index (κ3) is 6.02. The molecule has 1 aliphatic rings. The Labute approximate surface area is 221 Å². The number of para-hydroxylation sites is 1. The van der Waals surface area contributed by atoms with Crippen molar-refractivity contribution in [2.45, 2.75) is 0 Å². The van der Waals surface area contributed by atoms with Crippen LogP contribution >= 0.6 is 35.0 Å². The maximum Gasteiger partial charge on any atom is 0.343 e. The summed E-state index contributed by atoms with van der Waals surface area (Å²) in [5.41, 5.74) is 0.908. The number of carbonyl (C=O) groups excluding carboxylic acids is 3. The predicted molar refractivity (Wildman–Crippen MR) is 139 cm³/mol. The molecule has 1 fully saturated rings. The van der Waals surface area contributed by atoms with Crippen molar-refractivity contribution in [3.05, 3.63) is 92.8 Å². The molecule has 4 rings (SSSR count). The van der Waals surface area contributed by atoms with Gasteiger partial charge in [0.05, 0.1) is 34.2 Å². The lowest BCUT2D eigenvalue weighted by Crippen LogP contribution is -2.32. The number of hydrogen-bond donors (Lipinski definition) is 0. The number of imide groups is 1. The second-order valence-corrected chi connectivity index (χ2v) is 9.23. The van der Waals surface area contributed by atoms with Gasteiger partial charge in [0.1, 0.15) is 23.9 Å². The van der Waals surface area contributed by atoms with Crippen LogP contribution in [0.25, 0.3) is 6.08 Å². The third-order valence-corrected chi connectivity index (χ3v) is 6.58. The zero-order chi connectivity index (χ0) is 25.7. The summed E-state index contributed by atoms with van der Waals surface area (Å²) in [6, 6.07) is 18.1. The van der Waals surface area contributed by atoms with Crippen LogP contribution in [0.1, 0.15) is 15.9 Å². The monoisotopic (exact) mass is 543 g/mol. The van der Waals surface area contributed by atoms with E-state index >= 15 is 0 Å². The quantitative estimate of drug-likeness (QED) is 0.186. The molecule has 0 spiro atoms. The van der Waals surface area contributed by atoms with Crippen LogP contribution in [-0.4, -0.2) is 42.3 Å². The van der Waals surface area contributed by atoms with Gasteiger partial charge in [0, 0.05) is 0 Å². The lowest BCUT2D eigenvalue weighted by Gasteiger charge is -2.13. The van der Waals surface area contributed by atoms with Crippen LogP contribution in [0.15, 0.2) is 71.6 Å². The smallest absolute Gasteiger partial charge is 0.343 e. The first-order valence-corrected chi connectivity index (χ1v) is 12.2. The molecule has 10 heteroatoms. The molecule has 2 amide bonds. The molecule has 0 radical (unpaired) electrons. The minimum atomic E-state index is -0.576. The average molecular weight is 544 g/mol. The van der Waals surface area contributed by atoms with Gasteiger partial charge in [-0.2, -0.15) is 0 Å². The fourth-order valence-electron chi connectivity index (χ4n) is 3.23. The lowest BCUT2D eigenvalue weighted by atomic mass is 10.2. The lowest BCUT2D eigenvalue weighted by molar-refractivity contribution is -0.123. The van der Waals surface area contributed by atoms with Gasteiger partial charge >= 0.3 is 5.97 Å². The number of carbonyl (C=O) groups is 3. The normalized spacial score (nSPS) is 14.3. The van der Waals surface area contributed by atoms with Crippen LogP contribution in [0.2, 0.25) is 10.0 Å². The van der Waals surface area contributed by atoms with Gasteiger partial charge in [-0.3, -0.25) is 14.5 Å². The Morgan fingerprint density at radius 3 is 2.42 bits per heavy atom. The van der Waals surface area contributed by atoms with Crippen LogP contribution in [0.5, 0.6) is 17.2 Å². The van der Waals surface area contributed by atoms with E-state index in [9.17, 15) is 14.4 Å². The highest BCUT2D eigenvalue weighted by Crippen LogP contribution is 2.34. The molecule has 184 valence electrons. The number of rotatable bonds is 8. The second-order valence-electron chi connectivity index (χ2n) is 7.42. The number of hydrogen-bond acceptors (Lipinski definition) is 7. The first kappa shape index (κ1) is 25.6. The van der Waals surface area contributed by atoms with Crippen molar-refractivity contribution in [3.8, 4) is 17.2 Å². The summed E-state index contributed by atoms with van der Waals surface area (Å²) in [5.74, 6) is 0.251. The number of halogens is 2. The van der Waals surface area contributed by atoms with E-state index in [2.05, 4.69) is 0 Å². The first-order chi connectivity index (χ1) is 17.4. The number of methoxy groups -OCH3 is 1. The molecule has 36 heavy (non-hydrogen) atoms. The molecule has 0 N–H and O–H groups in total. The van der Waals surface area contributed by atoms with E-state index in [4.69, 9.17) is 37.4 Å². The minimum Gasteiger partial charge on any atom is -0.497 e. The number of thioether (sulfide) groups is 1. The SMILES string of the molecule is COc1ccc(C(=O)Oc2ccc(/C=C3\SC(=O)N(CCOc4ccccc4Cl)C3=O)cc2Cl)cc1. The number of nitrogens with zero attached hydrogens (tertiary/aromatic N) is 1. The number of esters is 1. The molecule has 0 saturated carbocycles. The van der Waals surface area contributed by atoms with E-state index in [0.717, 1.165) is 16.7 Å². The molecule has 1 aliphatic heterocycles. The summed E-state index contributed by atoms with van der Waals surface area (Å²) in [7, 11) is 1.53. The number of amides is 2. The second kappa shape index (κ2) is 11.5. The zero-order valence-electron chi connectivity index (χ0n) is 18.9. The van der Waals surface area contributed by atoms with Crippen molar-refractivity contribution in [1.29, 1.82) is 0 Å². The fraction of sp³-hybridized carbons (Fsp3) is 0.115. The van der Waals surface area contributed by atoms with E-state index in [1.807, 2.05) is 0 Å². The molecule has 0 aromatic heterocycles. The molecule has 3 aromatic rings. The topological polar surface area (TPSA) is 82.1 Å². The third-order valence-electron chi connectivity index (χ3n) is 5.06. The molecule has 1 saturated heterocycles. The largest absolute Gasteiger partial charge is 0.497 e. The fourth-order valence-corrected chi connectivity index (χ4v) is 4.51. The van der Waals surface area contributed by atoms with Crippen molar-refractivity contribution in [2.75, 3.05) is 20.3 Å². The molecule has 0 atom stereocenters. The van der Waals surface area contributed by atoms with Gasteiger partial charge in [0.15, 0.2) is 0 Å². The van der Waals surface area contributed by atoms with Gasteiger partial charge in [0.2, 0.25) is 0 Å². The number of benzene rings is 3. The molecule has 0 aliphatic carbocycles. The predicted octanol–water partition coefficient (Wildman–Crippen LogP) is 6.34. The van der Waals surface area contributed by atoms with Gasteiger partial charge in [0.25, 0.3) is 11.1 Å². The first-order valence-electron chi connectivity index (χ1n) is 10.6. The van der Waals surface area contributed by atoms with E-state index < -0.39 is 17.1 Å². The van der Waals surface area contributed by atoms with Crippen LogP contribution in [-0.2, 0) is 4.79 Å². The van der Waals surface area contributed by atoms with E-state index in [1.54, 1.807) is 66.7 Å². The summed E-state index contributed by atoms with van der Waals surface area (Å²) in [6.07, 6.45) is 1.56. The highest BCUT2D eigenvalue weighted by molar-refractivity contribution is 8.18. The van der Waals surface area contributed by atoms with Crippen LogP contribution in [0, 0.1) is 0 Å². The Balaban J connectivity index is 1.39. The van der Waals surface area contributed by atoms with Gasteiger partial charge < -0.3 is 14.2 Å². The maximum absolute atomic E-state index is 12.8. The molecule has 0 unspecified atom stereocenters. The summed E-state index contributed by atoms with van der Waals surface area (Å²) < 4.78 is 16.0. The molecule has 3 aromatic carbocycles. The summed E-state index contributed by atoms with van der Waals surface area (Å²) in [6.45, 7) is 0.184. The van der Waals surface area contributed by atoms with Crippen LogP contribution in [0.3, 0.4) is 0 Å². The Bertz CT molecular complexity index is 1340. The summed E-state index contributed by atoms with van der Waals surface area (Å²) in [5, 5.41) is 0.227. The van der Waals surface area contributed by atoms with Gasteiger partial charge in [-0.1, -0.05) is 41.4 Å². The van der Waals surface area contributed by atoms with Crippen molar-refractivity contribution in [3.63, 3.8) is 0 Å². The van der Waals surface area contributed by atoms with E-state index in [-0.39, 0.29) is 28.8 Å². The average Bonchev–Trinajstić information content (AvgIpc) is 3.14. The van der Waals surface area contributed by atoms with Crippen molar-refractivity contribution in [2.24, 2.45) is 0 Å². The maximum atomic E-state index is 12.8. The Kier molecular flexibility index (Phi) is 8.20. The summed E-state index contributed by atoms with van der Waals surface area (Å²) >= 11 is 13.2. The zero-order valence-corrected chi connectivity index (χ0v) is 21.2. The van der Waals surface area contributed by atoms with Gasteiger partial charge in [-0.05, 0) is 71.9 Å². The van der Waals surface area contributed by atoms with Crippen molar-refractivity contribution < 1.29 is 28.6 Å². The highest BCUT2D eigenvalue weighted by atomic mass is 35.5. The standard InChI is InChI=1S/C26H19Cl2NO6S/c1-33-18-9-7-17(8-10-18)25(31)35-22-11-6-16(14-20(22)28)15-23-24(30)29(26(32)36-23)12-13-34-21-5-3-2-4-19(21)27/h2-11,14-15H,12-13H2,1H3/b23-15-. The molecule has 7 nitrogen and oxygen atoms in total. The highest BCUT2D eigenvalue weighted by Gasteiger charge is 2.34.